The molecule has 0 aromatic heterocycles. The quantitative estimate of drug-likeness (QED) is 0.800. The number of ether oxygens (including phenoxy) is 3. The van der Waals surface area contributed by atoms with Crippen LogP contribution in [0.3, 0.4) is 0 Å². The first-order chi connectivity index (χ1) is 10.5. The van der Waals surface area contributed by atoms with Gasteiger partial charge in [-0.1, -0.05) is 30.3 Å². The van der Waals surface area contributed by atoms with E-state index >= 15 is 0 Å². The number of rotatable bonds is 2. The molecule has 0 saturated heterocycles. The molecule has 1 aliphatic rings. The summed E-state index contributed by atoms with van der Waals surface area (Å²) >= 11 is 0. The Morgan fingerprint density at radius 3 is 2.64 bits per heavy atom. The molecular weight excluding hydrogens is 287 g/mol. The number of esters is 1. The summed E-state index contributed by atoms with van der Waals surface area (Å²) in [5.74, 6) is -0.642. The average molecular weight is 302 g/mol. The average Bonchev–Trinajstić information content (AvgIpc) is 2.55. The van der Waals surface area contributed by atoms with Gasteiger partial charge >= 0.3 is 12.3 Å². The lowest BCUT2D eigenvalue weighted by Gasteiger charge is -2.39. The van der Waals surface area contributed by atoms with Gasteiger partial charge in [0.15, 0.2) is 0 Å². The van der Waals surface area contributed by atoms with Crippen LogP contribution in [-0.2, 0) is 19.9 Å². The minimum atomic E-state index is -1.20. The molecule has 0 radical (unpaired) electrons. The van der Waals surface area contributed by atoms with Crippen LogP contribution in [0.4, 0.5) is 4.39 Å². The Morgan fingerprint density at radius 2 is 1.95 bits per heavy atom. The SMILES string of the molecule is COC(=O)C1Oc2ccc(F)cc2C(C)(c2ccccc2)O1. The van der Waals surface area contributed by atoms with Gasteiger partial charge in [0, 0.05) is 5.56 Å². The zero-order valence-corrected chi connectivity index (χ0v) is 12.2. The fourth-order valence-electron chi connectivity index (χ4n) is 2.57. The maximum absolute atomic E-state index is 13.7. The molecule has 3 rings (SSSR count). The normalized spacial score (nSPS) is 23.3. The van der Waals surface area contributed by atoms with Crippen molar-refractivity contribution in [2.75, 3.05) is 7.11 Å². The summed E-state index contributed by atoms with van der Waals surface area (Å²) < 4.78 is 29.7. The predicted octanol–water partition coefficient (Wildman–Crippen LogP) is 3.00. The minimum absolute atomic E-state index is 0.398. The number of hydrogen-bond acceptors (Lipinski definition) is 4. The number of carbonyl (C=O) groups excluding carboxylic acids is 1. The van der Waals surface area contributed by atoms with E-state index in [0.29, 0.717) is 11.3 Å². The van der Waals surface area contributed by atoms with Crippen molar-refractivity contribution in [2.24, 2.45) is 0 Å². The largest absolute Gasteiger partial charge is 0.464 e. The second-order valence-electron chi connectivity index (χ2n) is 5.13. The summed E-state index contributed by atoms with van der Waals surface area (Å²) in [6.07, 6.45) is -1.20. The lowest BCUT2D eigenvalue weighted by Crippen LogP contribution is -2.44. The Bertz CT molecular complexity index is 701. The van der Waals surface area contributed by atoms with Crippen LogP contribution in [0.25, 0.3) is 0 Å². The Hall–Kier alpha value is -2.40. The van der Waals surface area contributed by atoms with E-state index in [1.807, 2.05) is 30.3 Å². The summed E-state index contributed by atoms with van der Waals surface area (Å²) in [6.45, 7) is 1.78. The number of hydrogen-bond donors (Lipinski definition) is 0. The minimum Gasteiger partial charge on any atom is -0.464 e. The summed E-state index contributed by atoms with van der Waals surface area (Å²) in [5, 5.41) is 0. The van der Waals surface area contributed by atoms with Crippen molar-refractivity contribution < 1.29 is 23.4 Å². The highest BCUT2D eigenvalue weighted by Crippen LogP contribution is 2.43. The molecule has 0 amide bonds. The molecule has 2 atom stereocenters. The van der Waals surface area contributed by atoms with Gasteiger partial charge in [0.1, 0.15) is 17.2 Å². The summed E-state index contributed by atoms with van der Waals surface area (Å²) in [6, 6.07) is 13.4. The fourth-order valence-corrected chi connectivity index (χ4v) is 2.57. The molecule has 0 spiro atoms. The molecule has 1 aliphatic heterocycles. The molecule has 2 unspecified atom stereocenters. The number of fused-ring (bicyclic) bond motifs is 1. The van der Waals surface area contributed by atoms with Gasteiger partial charge in [0.2, 0.25) is 0 Å². The zero-order valence-electron chi connectivity index (χ0n) is 12.2. The lowest BCUT2D eigenvalue weighted by molar-refractivity contribution is -0.203. The molecule has 5 heteroatoms. The van der Waals surface area contributed by atoms with E-state index in [2.05, 4.69) is 0 Å². The molecular formula is C17H15FO4. The van der Waals surface area contributed by atoms with Crippen LogP contribution >= 0.6 is 0 Å². The van der Waals surface area contributed by atoms with Crippen LogP contribution in [0.2, 0.25) is 0 Å². The smallest absolute Gasteiger partial charge is 0.376 e. The highest BCUT2D eigenvalue weighted by Gasteiger charge is 2.43. The van der Waals surface area contributed by atoms with Crippen molar-refractivity contribution in [1.82, 2.24) is 0 Å². The highest BCUT2D eigenvalue weighted by atomic mass is 19.1. The highest BCUT2D eigenvalue weighted by molar-refractivity contribution is 5.74. The van der Waals surface area contributed by atoms with Crippen LogP contribution in [0.1, 0.15) is 18.1 Å². The summed E-state index contributed by atoms with van der Waals surface area (Å²) in [4.78, 5) is 11.8. The van der Waals surface area contributed by atoms with Crippen LogP contribution in [0, 0.1) is 5.82 Å². The van der Waals surface area contributed by atoms with Crippen molar-refractivity contribution in [3.63, 3.8) is 0 Å². The van der Waals surface area contributed by atoms with Crippen LogP contribution in [0.5, 0.6) is 5.75 Å². The van der Waals surface area contributed by atoms with Gasteiger partial charge in [-0.2, -0.15) is 0 Å². The molecule has 0 saturated carbocycles. The zero-order chi connectivity index (χ0) is 15.7. The van der Waals surface area contributed by atoms with E-state index in [1.54, 1.807) is 6.92 Å². The predicted molar refractivity (Wildman–Crippen MR) is 76.8 cm³/mol. The molecule has 0 fully saturated rings. The first-order valence-electron chi connectivity index (χ1n) is 6.82. The van der Waals surface area contributed by atoms with Crippen molar-refractivity contribution in [3.8, 4) is 5.75 Å². The third-order valence-corrected chi connectivity index (χ3v) is 3.75. The maximum Gasteiger partial charge on any atom is 0.376 e. The Kier molecular flexibility index (Phi) is 3.58. The second-order valence-corrected chi connectivity index (χ2v) is 5.13. The van der Waals surface area contributed by atoms with Gasteiger partial charge in [-0.05, 0) is 30.7 Å². The van der Waals surface area contributed by atoms with Gasteiger partial charge < -0.3 is 14.2 Å². The topological polar surface area (TPSA) is 44.8 Å². The fraction of sp³-hybridized carbons (Fsp3) is 0.235. The molecule has 114 valence electrons. The van der Waals surface area contributed by atoms with Gasteiger partial charge in [-0.3, -0.25) is 0 Å². The third-order valence-electron chi connectivity index (χ3n) is 3.75. The van der Waals surface area contributed by atoms with Crippen molar-refractivity contribution in [1.29, 1.82) is 0 Å². The molecule has 0 N–H and O–H groups in total. The number of benzene rings is 2. The lowest BCUT2D eigenvalue weighted by atomic mass is 9.86. The molecule has 1 heterocycles. The Balaban J connectivity index is 2.15. The number of methoxy groups -OCH3 is 1. The van der Waals surface area contributed by atoms with E-state index in [1.165, 1.54) is 25.3 Å². The molecule has 22 heavy (non-hydrogen) atoms. The Labute approximate surface area is 127 Å². The van der Waals surface area contributed by atoms with Gasteiger partial charge in [-0.15, -0.1) is 0 Å². The van der Waals surface area contributed by atoms with Gasteiger partial charge in [0.05, 0.1) is 7.11 Å². The van der Waals surface area contributed by atoms with Crippen molar-refractivity contribution in [3.05, 3.63) is 65.5 Å². The Morgan fingerprint density at radius 1 is 1.23 bits per heavy atom. The van der Waals surface area contributed by atoms with Crippen LogP contribution < -0.4 is 4.74 Å². The summed E-state index contributed by atoms with van der Waals surface area (Å²) in [5.41, 5.74) is 0.299. The first-order valence-corrected chi connectivity index (χ1v) is 6.82. The standard InChI is InChI=1S/C17H15FO4/c1-17(11-6-4-3-5-7-11)13-10-12(18)8-9-14(13)21-16(22-17)15(19)20-2/h3-10,16H,1-2H3. The molecule has 0 aliphatic carbocycles. The monoisotopic (exact) mass is 302 g/mol. The maximum atomic E-state index is 13.7. The van der Waals surface area contributed by atoms with Gasteiger partial charge in [0.25, 0.3) is 0 Å². The molecule has 2 aromatic carbocycles. The molecule has 0 bridgehead atoms. The van der Waals surface area contributed by atoms with Crippen LogP contribution in [-0.4, -0.2) is 19.4 Å². The molecule has 2 aromatic rings. The number of halogens is 1. The molecule has 4 nitrogen and oxygen atoms in total. The number of carbonyl (C=O) groups is 1. The van der Waals surface area contributed by atoms with Gasteiger partial charge in [-0.25, -0.2) is 9.18 Å². The first kappa shape index (κ1) is 14.5. The third kappa shape index (κ3) is 2.33. The van der Waals surface area contributed by atoms with E-state index in [-0.39, 0.29) is 0 Å². The van der Waals surface area contributed by atoms with E-state index in [4.69, 9.17) is 14.2 Å². The summed E-state index contributed by atoms with van der Waals surface area (Å²) in [7, 11) is 1.26. The second kappa shape index (κ2) is 5.42. The van der Waals surface area contributed by atoms with E-state index in [0.717, 1.165) is 5.56 Å². The van der Waals surface area contributed by atoms with Crippen molar-refractivity contribution in [2.45, 2.75) is 18.8 Å². The van der Waals surface area contributed by atoms with E-state index in [9.17, 15) is 9.18 Å². The van der Waals surface area contributed by atoms with Crippen LogP contribution in [0.15, 0.2) is 48.5 Å². The van der Waals surface area contributed by atoms with Crippen molar-refractivity contribution >= 4 is 5.97 Å². The van der Waals surface area contributed by atoms with E-state index < -0.39 is 23.7 Å².